The van der Waals surface area contributed by atoms with Crippen molar-refractivity contribution in [2.45, 2.75) is 38.3 Å². The molecule has 1 N–H and O–H groups in total. The second kappa shape index (κ2) is 8.47. The summed E-state index contributed by atoms with van der Waals surface area (Å²) in [6.45, 7) is 4.21. The van der Waals surface area contributed by atoms with Crippen molar-refractivity contribution in [1.29, 1.82) is 0 Å². The van der Waals surface area contributed by atoms with Gasteiger partial charge >= 0.3 is 0 Å². The van der Waals surface area contributed by atoms with Crippen molar-refractivity contribution in [3.8, 4) is 0 Å². The fourth-order valence-electron chi connectivity index (χ4n) is 3.38. The van der Waals surface area contributed by atoms with Crippen molar-refractivity contribution in [2.75, 3.05) is 26.3 Å². The molecule has 1 fully saturated rings. The molecule has 0 saturated carbocycles. The van der Waals surface area contributed by atoms with Crippen molar-refractivity contribution in [3.05, 3.63) is 54.1 Å². The van der Waals surface area contributed by atoms with E-state index in [1.165, 1.54) is 5.56 Å². The lowest BCUT2D eigenvalue weighted by atomic mass is 9.92. The SMILES string of the molecule is Cc1ccc(C[C@@]2(CO)CN(C(=O)CCCn3ccnc3)CCO2)cc1. The van der Waals surface area contributed by atoms with Gasteiger partial charge in [0.1, 0.15) is 5.60 Å². The van der Waals surface area contributed by atoms with Gasteiger partial charge in [-0.3, -0.25) is 4.79 Å². The number of aliphatic hydroxyl groups excluding tert-OH is 1. The van der Waals surface area contributed by atoms with Crippen LogP contribution in [0.2, 0.25) is 0 Å². The van der Waals surface area contributed by atoms with Crippen molar-refractivity contribution in [3.63, 3.8) is 0 Å². The Balaban J connectivity index is 1.57. The molecule has 0 unspecified atom stereocenters. The van der Waals surface area contributed by atoms with Gasteiger partial charge in [0.15, 0.2) is 0 Å². The molecule has 6 nitrogen and oxygen atoms in total. The number of ether oxygens (including phenoxy) is 1. The lowest BCUT2D eigenvalue weighted by Gasteiger charge is -2.42. The van der Waals surface area contributed by atoms with Gasteiger partial charge in [0, 0.05) is 38.3 Å². The van der Waals surface area contributed by atoms with Crippen molar-refractivity contribution in [2.24, 2.45) is 0 Å². The molecule has 1 aliphatic heterocycles. The number of benzene rings is 1. The fourth-order valence-corrected chi connectivity index (χ4v) is 3.38. The predicted octanol–water partition coefficient (Wildman–Crippen LogP) is 1.80. The van der Waals surface area contributed by atoms with Crippen molar-refractivity contribution >= 4 is 5.91 Å². The number of nitrogens with zero attached hydrogens (tertiary/aromatic N) is 3. The first-order chi connectivity index (χ1) is 12.6. The topological polar surface area (TPSA) is 67.6 Å². The molecule has 26 heavy (non-hydrogen) atoms. The van der Waals surface area contributed by atoms with E-state index in [1.807, 2.05) is 22.6 Å². The van der Waals surface area contributed by atoms with Crippen LogP contribution in [0.1, 0.15) is 24.0 Å². The number of aryl methyl sites for hydroxylation is 2. The van der Waals surface area contributed by atoms with Crippen LogP contribution in [0.15, 0.2) is 43.0 Å². The summed E-state index contributed by atoms with van der Waals surface area (Å²) in [5, 5.41) is 9.98. The minimum Gasteiger partial charge on any atom is -0.393 e. The molecule has 1 saturated heterocycles. The van der Waals surface area contributed by atoms with E-state index in [2.05, 4.69) is 29.2 Å². The molecule has 1 aliphatic rings. The van der Waals surface area contributed by atoms with Gasteiger partial charge in [-0.1, -0.05) is 29.8 Å². The Morgan fingerprint density at radius 3 is 2.85 bits per heavy atom. The van der Waals surface area contributed by atoms with Crippen LogP contribution in [0.5, 0.6) is 0 Å². The zero-order valence-electron chi connectivity index (χ0n) is 15.3. The number of aromatic nitrogens is 2. The summed E-state index contributed by atoms with van der Waals surface area (Å²) in [4.78, 5) is 18.4. The molecule has 0 spiro atoms. The fraction of sp³-hybridized carbons (Fsp3) is 0.500. The van der Waals surface area contributed by atoms with Crippen LogP contribution in [0.25, 0.3) is 0 Å². The number of hydrogen-bond donors (Lipinski definition) is 1. The number of imidazole rings is 1. The zero-order chi connectivity index (χ0) is 18.4. The molecule has 1 aromatic carbocycles. The summed E-state index contributed by atoms with van der Waals surface area (Å²) < 4.78 is 7.91. The Bertz CT molecular complexity index is 700. The lowest BCUT2D eigenvalue weighted by molar-refractivity contribution is -0.158. The number of carbonyl (C=O) groups excluding carboxylic acids is 1. The van der Waals surface area contributed by atoms with E-state index >= 15 is 0 Å². The van der Waals surface area contributed by atoms with Crippen LogP contribution >= 0.6 is 0 Å². The molecule has 0 radical (unpaired) electrons. The maximum Gasteiger partial charge on any atom is 0.222 e. The quantitative estimate of drug-likeness (QED) is 0.821. The number of rotatable bonds is 7. The molecule has 2 heterocycles. The van der Waals surface area contributed by atoms with Gasteiger partial charge < -0.3 is 19.3 Å². The molecule has 3 rings (SSSR count). The maximum absolute atomic E-state index is 12.6. The zero-order valence-corrected chi connectivity index (χ0v) is 15.3. The van der Waals surface area contributed by atoms with Crippen LogP contribution in [-0.4, -0.2) is 57.4 Å². The first-order valence-electron chi connectivity index (χ1n) is 9.14. The van der Waals surface area contributed by atoms with Crippen LogP contribution in [0.4, 0.5) is 0 Å². The van der Waals surface area contributed by atoms with Crippen LogP contribution < -0.4 is 0 Å². The van der Waals surface area contributed by atoms with Gasteiger partial charge in [0.05, 0.1) is 26.1 Å². The molecule has 140 valence electrons. The highest BCUT2D eigenvalue weighted by Gasteiger charge is 2.37. The molecule has 0 bridgehead atoms. The lowest BCUT2D eigenvalue weighted by Crippen LogP contribution is -2.56. The van der Waals surface area contributed by atoms with E-state index in [0.717, 1.165) is 18.5 Å². The monoisotopic (exact) mass is 357 g/mol. The molecular weight excluding hydrogens is 330 g/mol. The van der Waals surface area contributed by atoms with E-state index in [1.54, 1.807) is 12.5 Å². The average Bonchev–Trinajstić information content (AvgIpc) is 3.17. The number of aliphatic hydroxyl groups is 1. The summed E-state index contributed by atoms with van der Waals surface area (Å²) >= 11 is 0. The normalized spacial score (nSPS) is 20.3. The maximum atomic E-state index is 12.6. The summed E-state index contributed by atoms with van der Waals surface area (Å²) in [6, 6.07) is 8.23. The minimum atomic E-state index is -0.715. The Morgan fingerprint density at radius 1 is 1.35 bits per heavy atom. The highest BCUT2D eigenvalue weighted by atomic mass is 16.5. The van der Waals surface area contributed by atoms with Crippen LogP contribution in [-0.2, 0) is 22.5 Å². The Hall–Kier alpha value is -2.18. The summed E-state index contributed by atoms with van der Waals surface area (Å²) in [5.74, 6) is 0.121. The highest BCUT2D eigenvalue weighted by molar-refractivity contribution is 5.76. The third-order valence-electron chi connectivity index (χ3n) is 4.90. The third kappa shape index (κ3) is 4.71. The standard InChI is InChI=1S/C20H27N3O3/c1-17-4-6-18(7-5-17)13-20(15-24)14-23(11-12-26-20)19(25)3-2-9-22-10-8-21-16-22/h4-8,10,16,24H,2-3,9,11-15H2,1H3/t20-/m0/s1. The number of carbonyl (C=O) groups is 1. The molecule has 2 aromatic rings. The number of hydrogen-bond acceptors (Lipinski definition) is 4. The average molecular weight is 357 g/mol. The summed E-state index contributed by atoms with van der Waals surface area (Å²) in [6.07, 6.45) is 7.27. The van der Waals surface area contributed by atoms with E-state index in [0.29, 0.717) is 32.5 Å². The Morgan fingerprint density at radius 2 is 2.15 bits per heavy atom. The van der Waals surface area contributed by atoms with Crippen molar-refractivity contribution < 1.29 is 14.6 Å². The largest absolute Gasteiger partial charge is 0.393 e. The second-order valence-corrected chi connectivity index (χ2v) is 7.07. The minimum absolute atomic E-state index is 0.0975. The van der Waals surface area contributed by atoms with Crippen LogP contribution in [0, 0.1) is 6.92 Å². The Labute approximate surface area is 154 Å². The molecule has 1 atom stereocenters. The van der Waals surface area contributed by atoms with Gasteiger partial charge in [0.2, 0.25) is 5.91 Å². The number of amides is 1. The van der Waals surface area contributed by atoms with Gasteiger partial charge in [-0.25, -0.2) is 4.98 Å². The smallest absolute Gasteiger partial charge is 0.222 e. The van der Waals surface area contributed by atoms with Gasteiger partial charge in [0.25, 0.3) is 0 Å². The highest BCUT2D eigenvalue weighted by Crippen LogP contribution is 2.24. The van der Waals surface area contributed by atoms with Gasteiger partial charge in [-0.05, 0) is 18.9 Å². The molecule has 0 aliphatic carbocycles. The second-order valence-electron chi connectivity index (χ2n) is 7.07. The van der Waals surface area contributed by atoms with E-state index in [9.17, 15) is 9.90 Å². The molecule has 1 aromatic heterocycles. The summed E-state index contributed by atoms with van der Waals surface area (Å²) in [5.41, 5.74) is 1.60. The van der Waals surface area contributed by atoms with E-state index < -0.39 is 5.60 Å². The third-order valence-corrected chi connectivity index (χ3v) is 4.90. The van der Waals surface area contributed by atoms with E-state index in [-0.39, 0.29) is 12.5 Å². The number of morpholine rings is 1. The van der Waals surface area contributed by atoms with E-state index in [4.69, 9.17) is 4.74 Å². The summed E-state index contributed by atoms with van der Waals surface area (Å²) in [7, 11) is 0. The predicted molar refractivity (Wildman–Crippen MR) is 98.7 cm³/mol. The first kappa shape index (κ1) is 18.6. The molecule has 1 amide bonds. The molecule has 6 heteroatoms. The van der Waals surface area contributed by atoms with Crippen LogP contribution in [0.3, 0.4) is 0 Å². The first-order valence-corrected chi connectivity index (χ1v) is 9.14. The van der Waals surface area contributed by atoms with Crippen molar-refractivity contribution in [1.82, 2.24) is 14.5 Å². The van der Waals surface area contributed by atoms with Gasteiger partial charge in [-0.2, -0.15) is 0 Å². The Kier molecular flexibility index (Phi) is 6.06. The molecular formula is C20H27N3O3. The van der Waals surface area contributed by atoms with Gasteiger partial charge in [-0.15, -0.1) is 0 Å².